The lowest BCUT2D eigenvalue weighted by Crippen LogP contribution is -3.00. The molecule has 0 fully saturated rings. The number of fused-ring (bicyclic) bond motifs is 1. The third-order valence-electron chi connectivity index (χ3n) is 5.46. The molecule has 1 unspecified atom stereocenters. The Morgan fingerprint density at radius 3 is 2.44 bits per heavy atom. The summed E-state index contributed by atoms with van der Waals surface area (Å²) in [5, 5.41) is 6.51. The first-order valence-corrected chi connectivity index (χ1v) is 11.1. The number of likely N-dealkylation sites (N-methyl/N-ethyl adjacent to an activating group) is 1. The van der Waals surface area contributed by atoms with Crippen molar-refractivity contribution in [1.29, 1.82) is 0 Å². The lowest BCUT2D eigenvalue weighted by Gasteiger charge is -2.37. The van der Waals surface area contributed by atoms with E-state index in [1.165, 1.54) is 11.3 Å². The van der Waals surface area contributed by atoms with Gasteiger partial charge in [0.2, 0.25) is 5.91 Å². The Balaban J connectivity index is 0.00000363. The first-order valence-electron chi connectivity index (χ1n) is 9.89. The van der Waals surface area contributed by atoms with E-state index >= 15 is 0 Å². The van der Waals surface area contributed by atoms with Gasteiger partial charge in [0.1, 0.15) is 11.5 Å². The molecule has 0 spiro atoms. The fourth-order valence-electron chi connectivity index (χ4n) is 3.64. The van der Waals surface area contributed by atoms with E-state index in [1.54, 1.807) is 43.3 Å². The van der Waals surface area contributed by atoms with Gasteiger partial charge >= 0.3 is 6.03 Å². The largest absolute Gasteiger partial charge is 1.00 e. The number of thiophene rings is 1. The van der Waals surface area contributed by atoms with E-state index in [-0.39, 0.29) is 18.3 Å². The zero-order valence-electron chi connectivity index (χ0n) is 18.2. The van der Waals surface area contributed by atoms with Gasteiger partial charge in [-0.1, -0.05) is 11.6 Å². The van der Waals surface area contributed by atoms with Crippen molar-refractivity contribution in [1.82, 2.24) is 4.90 Å². The topological polar surface area (TPSA) is 105 Å². The van der Waals surface area contributed by atoms with E-state index < -0.39 is 11.9 Å². The van der Waals surface area contributed by atoms with Crippen LogP contribution in [0.2, 0.25) is 5.02 Å². The summed E-state index contributed by atoms with van der Waals surface area (Å²) >= 11 is 7.24. The number of halogens is 2. The van der Waals surface area contributed by atoms with Crippen molar-refractivity contribution in [2.24, 2.45) is 5.73 Å². The van der Waals surface area contributed by atoms with Crippen LogP contribution < -0.4 is 28.8 Å². The third kappa shape index (κ3) is 6.13. The number of benzene rings is 1. The number of rotatable bonds is 6. The van der Waals surface area contributed by atoms with Gasteiger partial charge in [-0.15, -0.1) is 11.3 Å². The summed E-state index contributed by atoms with van der Waals surface area (Å²) in [6.45, 7) is 2.18. The zero-order valence-corrected chi connectivity index (χ0v) is 20.5. The van der Waals surface area contributed by atoms with Crippen LogP contribution in [0.15, 0.2) is 24.3 Å². The van der Waals surface area contributed by atoms with Crippen molar-refractivity contribution in [3.8, 4) is 0 Å². The average Bonchev–Trinajstić information content (AvgIpc) is 3.04. The Labute approximate surface area is 202 Å². The molecule has 0 bridgehead atoms. The number of carbonyl (C=O) groups is 3. The van der Waals surface area contributed by atoms with Crippen molar-refractivity contribution in [3.05, 3.63) is 45.3 Å². The first kappa shape index (κ1) is 25.9. The summed E-state index contributed by atoms with van der Waals surface area (Å²) in [5.74, 6) is -0.464. The van der Waals surface area contributed by atoms with E-state index in [4.69, 9.17) is 17.3 Å². The highest BCUT2D eigenvalue weighted by Gasteiger charge is 2.35. The Morgan fingerprint density at radius 2 is 1.84 bits per heavy atom. The maximum atomic E-state index is 12.5. The number of urea groups is 1. The average molecular weight is 500 g/mol. The molecule has 0 radical (unpaired) electrons. The second-order valence-electron chi connectivity index (χ2n) is 8.17. The minimum Gasteiger partial charge on any atom is -1.00 e. The number of carbonyl (C=O) groups excluding carboxylic acids is 3. The van der Waals surface area contributed by atoms with Crippen LogP contribution in [0.3, 0.4) is 0 Å². The van der Waals surface area contributed by atoms with Gasteiger partial charge in [-0.05, 0) is 29.8 Å². The van der Waals surface area contributed by atoms with Gasteiger partial charge in [0, 0.05) is 31.2 Å². The number of quaternary nitrogens is 1. The van der Waals surface area contributed by atoms with Crippen LogP contribution in [-0.4, -0.2) is 61.5 Å². The second-order valence-corrected chi connectivity index (χ2v) is 9.71. The van der Waals surface area contributed by atoms with Gasteiger partial charge in [0.25, 0.3) is 5.91 Å². The number of hydrogen-bond donors (Lipinski definition) is 3. The maximum Gasteiger partial charge on any atom is 0.324 e. The van der Waals surface area contributed by atoms with Crippen LogP contribution in [0.4, 0.5) is 15.5 Å². The molecule has 1 aliphatic heterocycles. The monoisotopic (exact) mass is 499 g/mol. The molecule has 32 heavy (non-hydrogen) atoms. The van der Waals surface area contributed by atoms with Crippen molar-refractivity contribution in [2.45, 2.75) is 19.4 Å². The molecule has 2 aromatic rings. The summed E-state index contributed by atoms with van der Waals surface area (Å²) in [6.07, 6.45) is 1.12. The molecule has 1 aromatic carbocycles. The zero-order chi connectivity index (χ0) is 22.8. The molecule has 0 aliphatic carbocycles. The Bertz CT molecular complexity index is 1010. The van der Waals surface area contributed by atoms with Crippen molar-refractivity contribution >= 4 is 51.5 Å². The molecule has 0 saturated heterocycles. The van der Waals surface area contributed by atoms with Crippen LogP contribution in [0, 0.1) is 0 Å². The van der Waals surface area contributed by atoms with Crippen molar-refractivity contribution in [3.63, 3.8) is 0 Å². The van der Waals surface area contributed by atoms with Crippen LogP contribution in [0.5, 0.6) is 0 Å². The predicted molar refractivity (Wildman–Crippen MR) is 124 cm³/mol. The number of primary amides is 1. The molecule has 1 aromatic heterocycles. The summed E-state index contributed by atoms with van der Waals surface area (Å²) in [5.41, 5.74) is 7.51. The Hall–Kier alpha value is -2.33. The number of amides is 4. The van der Waals surface area contributed by atoms with Crippen LogP contribution in [0.25, 0.3) is 0 Å². The highest BCUT2D eigenvalue weighted by Crippen LogP contribution is 2.38. The molecule has 4 N–H and O–H groups in total. The van der Waals surface area contributed by atoms with Gasteiger partial charge in [-0.3, -0.25) is 14.9 Å². The van der Waals surface area contributed by atoms with Gasteiger partial charge < -0.3 is 32.8 Å². The fraction of sp³-hybridized carbons (Fsp3) is 0.381. The Morgan fingerprint density at radius 1 is 1.19 bits per heavy atom. The van der Waals surface area contributed by atoms with E-state index in [0.717, 1.165) is 17.0 Å². The summed E-state index contributed by atoms with van der Waals surface area (Å²) < 4.78 is 0.696. The molecule has 0 saturated carbocycles. The molecule has 1 aliphatic rings. The highest BCUT2D eigenvalue weighted by molar-refractivity contribution is 7.17. The number of anilines is 2. The summed E-state index contributed by atoms with van der Waals surface area (Å²) in [4.78, 5) is 39.3. The molecule has 174 valence electrons. The maximum absolute atomic E-state index is 12.5. The van der Waals surface area contributed by atoms with Gasteiger partial charge in [-0.2, -0.15) is 0 Å². The quantitative estimate of drug-likeness (QED) is 0.492. The van der Waals surface area contributed by atoms with Crippen molar-refractivity contribution < 1.29 is 31.3 Å². The predicted octanol–water partition coefficient (Wildman–Crippen LogP) is 0.129. The molecule has 4 amide bonds. The number of nitrogens with zero attached hydrogens (tertiary/aromatic N) is 2. The van der Waals surface area contributed by atoms with Crippen LogP contribution in [-0.2, 0) is 17.8 Å². The SMILES string of the molecule is CN(C)C(=O)CC[N+]1(C)CCc2c(sc(NC(=O)Nc3ccc(Cl)cc3)c2C(N)=O)C1.[Cl-]. The number of nitrogens with two attached hydrogens (primary N) is 1. The van der Waals surface area contributed by atoms with Gasteiger partial charge in [0.15, 0.2) is 0 Å². The van der Waals surface area contributed by atoms with Gasteiger partial charge in [0.05, 0.1) is 37.0 Å². The fourth-order valence-corrected chi connectivity index (χ4v) is 5.18. The summed E-state index contributed by atoms with van der Waals surface area (Å²) in [7, 11) is 5.61. The van der Waals surface area contributed by atoms with Gasteiger partial charge in [-0.25, -0.2) is 4.79 Å². The minimum atomic E-state index is -0.557. The molecule has 3 rings (SSSR count). The third-order valence-corrected chi connectivity index (χ3v) is 6.84. The van der Waals surface area contributed by atoms with E-state index in [1.807, 2.05) is 0 Å². The smallest absolute Gasteiger partial charge is 0.324 e. The van der Waals surface area contributed by atoms with E-state index in [2.05, 4.69) is 17.7 Å². The normalized spacial score (nSPS) is 17.0. The molecule has 11 heteroatoms. The van der Waals surface area contributed by atoms with E-state index in [9.17, 15) is 14.4 Å². The number of nitrogens with one attached hydrogen (secondary N) is 2. The van der Waals surface area contributed by atoms with Crippen LogP contribution >= 0.6 is 22.9 Å². The molecular weight excluding hydrogens is 473 g/mol. The van der Waals surface area contributed by atoms with Crippen molar-refractivity contribution in [2.75, 3.05) is 44.9 Å². The molecule has 2 heterocycles. The highest BCUT2D eigenvalue weighted by atomic mass is 35.5. The number of hydrogen-bond acceptors (Lipinski definition) is 4. The molecular formula is C21H27Cl2N5O3S. The molecule has 8 nitrogen and oxygen atoms in total. The van der Waals surface area contributed by atoms with E-state index in [0.29, 0.717) is 51.7 Å². The Kier molecular flexibility index (Phi) is 8.53. The molecule has 1 atom stereocenters. The standard InChI is InChI=1S/C21H26ClN5O3S.ClH/c1-26(2)17(28)9-11-27(3)10-8-15-16(12-27)31-20(18(15)19(23)29)25-21(30)24-14-6-4-13(22)5-7-14;/h4-7H,8-12H2,1-3H3,(H3-,23,24,25,29,30);1H. The lowest BCUT2D eigenvalue weighted by atomic mass is 10.0. The first-order chi connectivity index (χ1) is 14.6. The second kappa shape index (κ2) is 10.5. The lowest BCUT2D eigenvalue weighted by molar-refractivity contribution is -0.923. The minimum absolute atomic E-state index is 0. The van der Waals surface area contributed by atoms with Crippen LogP contribution in [0.1, 0.15) is 27.2 Å². The summed E-state index contributed by atoms with van der Waals surface area (Å²) in [6, 6.07) is 6.27.